The third-order valence-corrected chi connectivity index (χ3v) is 4.10. The number of hydrogen-bond donors (Lipinski definition) is 2. The van der Waals surface area contributed by atoms with Crippen LogP contribution in [0.2, 0.25) is 0 Å². The molecule has 4 aromatic rings. The van der Waals surface area contributed by atoms with Gasteiger partial charge in [0.05, 0.1) is 0 Å². The van der Waals surface area contributed by atoms with Gasteiger partial charge in [0, 0.05) is 36.9 Å². The highest BCUT2D eigenvalue weighted by Crippen LogP contribution is 2.32. The van der Waals surface area contributed by atoms with Gasteiger partial charge in [-0.2, -0.15) is 0 Å². The summed E-state index contributed by atoms with van der Waals surface area (Å²) in [5.74, 6) is 2.83. The van der Waals surface area contributed by atoms with Crippen LogP contribution in [0.5, 0.6) is 11.6 Å². The van der Waals surface area contributed by atoms with Crippen molar-refractivity contribution in [2.24, 2.45) is 0 Å². The zero-order valence-corrected chi connectivity index (χ0v) is 15.3. The summed E-state index contributed by atoms with van der Waals surface area (Å²) in [6.45, 7) is 0. The second-order valence-corrected chi connectivity index (χ2v) is 6.00. The summed E-state index contributed by atoms with van der Waals surface area (Å²) in [6, 6.07) is 21.2. The molecule has 0 aliphatic carbocycles. The van der Waals surface area contributed by atoms with E-state index in [1.165, 1.54) is 0 Å². The van der Waals surface area contributed by atoms with E-state index in [0.717, 1.165) is 28.5 Å². The van der Waals surface area contributed by atoms with Gasteiger partial charge in [0.2, 0.25) is 5.88 Å². The van der Waals surface area contributed by atoms with Gasteiger partial charge in [-0.3, -0.25) is 0 Å². The maximum absolute atomic E-state index is 6.05. The molecule has 0 saturated heterocycles. The van der Waals surface area contributed by atoms with E-state index in [1.54, 1.807) is 18.6 Å². The van der Waals surface area contributed by atoms with Gasteiger partial charge in [0.15, 0.2) is 0 Å². The van der Waals surface area contributed by atoms with Gasteiger partial charge in [-0.15, -0.1) is 0 Å². The fourth-order valence-corrected chi connectivity index (χ4v) is 2.73. The van der Waals surface area contributed by atoms with Crippen molar-refractivity contribution in [3.63, 3.8) is 0 Å². The fraction of sp³-hybridized carbons (Fsp3) is 0.0455. The molecule has 4 rings (SSSR count). The summed E-state index contributed by atoms with van der Waals surface area (Å²) >= 11 is 0. The Balaban J connectivity index is 1.55. The fourth-order valence-electron chi connectivity index (χ4n) is 2.73. The first kappa shape index (κ1) is 17.5. The van der Waals surface area contributed by atoms with Crippen molar-refractivity contribution in [3.8, 4) is 22.8 Å². The molecule has 0 radical (unpaired) electrons. The third-order valence-electron chi connectivity index (χ3n) is 4.10. The summed E-state index contributed by atoms with van der Waals surface area (Å²) in [4.78, 5) is 12.9. The Bertz CT molecular complexity index is 1050. The van der Waals surface area contributed by atoms with Crippen LogP contribution in [0, 0.1) is 0 Å². The van der Waals surface area contributed by atoms with Crippen molar-refractivity contribution < 1.29 is 4.74 Å². The van der Waals surface area contributed by atoms with Gasteiger partial charge >= 0.3 is 0 Å². The Kier molecular flexibility index (Phi) is 5.11. The average Bonchev–Trinajstić information content (AvgIpc) is 2.76. The molecule has 0 amide bonds. The molecule has 0 spiro atoms. The molecule has 0 fully saturated rings. The van der Waals surface area contributed by atoms with Crippen molar-refractivity contribution in [3.05, 3.63) is 85.3 Å². The highest BCUT2D eigenvalue weighted by Gasteiger charge is 2.09. The van der Waals surface area contributed by atoms with Crippen molar-refractivity contribution >= 4 is 17.3 Å². The van der Waals surface area contributed by atoms with Crippen molar-refractivity contribution in [1.82, 2.24) is 15.0 Å². The number of nitrogens with one attached hydrogen (secondary N) is 2. The van der Waals surface area contributed by atoms with Crippen LogP contribution < -0.4 is 15.4 Å². The lowest BCUT2D eigenvalue weighted by Crippen LogP contribution is -1.95. The van der Waals surface area contributed by atoms with Crippen molar-refractivity contribution in [1.29, 1.82) is 0 Å². The first-order valence-electron chi connectivity index (χ1n) is 8.87. The summed E-state index contributed by atoms with van der Waals surface area (Å²) in [7, 11) is 1.84. The number of anilines is 3. The molecule has 0 saturated carbocycles. The molecule has 1 aromatic carbocycles. The molecule has 3 aromatic heterocycles. The second-order valence-electron chi connectivity index (χ2n) is 6.00. The van der Waals surface area contributed by atoms with Crippen molar-refractivity contribution in [2.45, 2.75) is 0 Å². The van der Waals surface area contributed by atoms with E-state index in [0.29, 0.717) is 11.6 Å². The van der Waals surface area contributed by atoms with Gasteiger partial charge in [-0.25, -0.2) is 15.0 Å². The Morgan fingerprint density at radius 2 is 1.57 bits per heavy atom. The van der Waals surface area contributed by atoms with E-state index >= 15 is 0 Å². The highest BCUT2D eigenvalue weighted by molar-refractivity contribution is 5.71. The van der Waals surface area contributed by atoms with E-state index in [9.17, 15) is 0 Å². The van der Waals surface area contributed by atoms with E-state index in [2.05, 4.69) is 25.6 Å². The number of ether oxygens (including phenoxy) is 1. The van der Waals surface area contributed by atoms with Gasteiger partial charge in [-0.1, -0.05) is 6.07 Å². The van der Waals surface area contributed by atoms with Gasteiger partial charge in [0.25, 0.3) is 0 Å². The monoisotopic (exact) mass is 369 g/mol. The number of benzene rings is 1. The average molecular weight is 369 g/mol. The second kappa shape index (κ2) is 8.18. The Morgan fingerprint density at radius 1 is 0.750 bits per heavy atom. The maximum atomic E-state index is 6.05. The van der Waals surface area contributed by atoms with Gasteiger partial charge in [0.1, 0.15) is 17.4 Å². The molecular weight excluding hydrogens is 350 g/mol. The number of hydrogen-bond acceptors (Lipinski definition) is 6. The highest BCUT2D eigenvalue weighted by atomic mass is 16.5. The quantitative estimate of drug-likeness (QED) is 0.492. The molecule has 0 unspecified atom stereocenters. The van der Waals surface area contributed by atoms with Crippen LogP contribution in [0.25, 0.3) is 11.1 Å². The number of aromatic nitrogens is 3. The van der Waals surface area contributed by atoms with Crippen LogP contribution in [0.3, 0.4) is 0 Å². The Labute approximate surface area is 163 Å². The summed E-state index contributed by atoms with van der Waals surface area (Å²) in [5.41, 5.74) is 2.81. The maximum Gasteiger partial charge on any atom is 0.227 e. The van der Waals surface area contributed by atoms with Crippen LogP contribution in [0.1, 0.15) is 0 Å². The predicted molar refractivity (Wildman–Crippen MR) is 111 cm³/mol. The lowest BCUT2D eigenvalue weighted by atomic mass is 10.1. The Hall–Kier alpha value is -3.93. The van der Waals surface area contributed by atoms with E-state index in [-0.39, 0.29) is 0 Å². The van der Waals surface area contributed by atoms with Crippen LogP contribution in [0.15, 0.2) is 85.3 Å². The molecular formula is C22H19N5O. The van der Waals surface area contributed by atoms with Crippen molar-refractivity contribution in [2.75, 3.05) is 17.7 Å². The lowest BCUT2D eigenvalue weighted by molar-refractivity contribution is 0.465. The first-order valence-corrected chi connectivity index (χ1v) is 8.87. The molecule has 3 heterocycles. The lowest BCUT2D eigenvalue weighted by Gasteiger charge is -2.11. The minimum absolute atomic E-state index is 0.543. The summed E-state index contributed by atoms with van der Waals surface area (Å²) in [5, 5.41) is 6.30. The summed E-state index contributed by atoms with van der Waals surface area (Å²) in [6.07, 6.45) is 5.23. The van der Waals surface area contributed by atoms with E-state index in [1.807, 2.05) is 73.8 Å². The molecule has 0 atom stereocenters. The molecule has 2 N–H and O–H groups in total. The third kappa shape index (κ3) is 4.07. The minimum Gasteiger partial charge on any atom is -0.438 e. The molecule has 0 bridgehead atoms. The normalized spacial score (nSPS) is 10.3. The largest absolute Gasteiger partial charge is 0.438 e. The minimum atomic E-state index is 0.543. The van der Waals surface area contributed by atoms with Gasteiger partial charge < -0.3 is 15.4 Å². The summed E-state index contributed by atoms with van der Waals surface area (Å²) < 4.78 is 6.05. The molecule has 28 heavy (non-hydrogen) atoms. The van der Waals surface area contributed by atoms with Crippen LogP contribution in [-0.2, 0) is 0 Å². The molecule has 138 valence electrons. The molecule has 0 aliphatic heterocycles. The van der Waals surface area contributed by atoms with Crippen LogP contribution >= 0.6 is 0 Å². The van der Waals surface area contributed by atoms with E-state index in [4.69, 9.17) is 4.74 Å². The SMILES string of the molecule is CNc1cc(-c2cccnc2Oc2ccc(Nc3ccccn3)cc2)ccn1. The number of nitrogens with zero attached hydrogens (tertiary/aromatic N) is 3. The smallest absolute Gasteiger partial charge is 0.227 e. The number of pyridine rings is 3. The molecule has 6 nitrogen and oxygen atoms in total. The molecule has 6 heteroatoms. The first-order chi connectivity index (χ1) is 13.8. The zero-order chi connectivity index (χ0) is 19.2. The zero-order valence-electron chi connectivity index (χ0n) is 15.3. The van der Waals surface area contributed by atoms with Gasteiger partial charge in [-0.05, 0) is 66.2 Å². The standard InChI is InChI=1S/C22H19N5O/c1-23-21-15-16(11-14-25-21)19-5-4-13-26-22(19)28-18-9-7-17(8-10-18)27-20-6-2-3-12-24-20/h2-15H,1H3,(H,23,25)(H,24,27). The van der Waals surface area contributed by atoms with Crippen LogP contribution in [0.4, 0.5) is 17.3 Å². The predicted octanol–water partition coefficient (Wildman–Crippen LogP) is 5.12. The number of rotatable bonds is 6. The molecule has 0 aliphatic rings. The topological polar surface area (TPSA) is 72.0 Å². The van der Waals surface area contributed by atoms with Crippen LogP contribution in [-0.4, -0.2) is 22.0 Å². The Morgan fingerprint density at radius 3 is 2.36 bits per heavy atom. The van der Waals surface area contributed by atoms with E-state index < -0.39 is 0 Å².